The van der Waals surface area contributed by atoms with E-state index in [2.05, 4.69) is 4.98 Å². The smallest absolute Gasteiger partial charge is 0.335 e. The topological polar surface area (TPSA) is 59.4 Å². The number of carbonyl (C=O) groups is 1. The van der Waals surface area contributed by atoms with E-state index in [9.17, 15) is 9.90 Å². The zero-order valence-corrected chi connectivity index (χ0v) is 12.1. The summed E-state index contributed by atoms with van der Waals surface area (Å²) in [6.45, 7) is 0. The first-order valence-electron chi connectivity index (χ1n) is 6.08. The van der Waals surface area contributed by atoms with Crippen LogP contribution in [-0.4, -0.2) is 16.1 Å². The van der Waals surface area contributed by atoms with E-state index in [1.54, 1.807) is 24.3 Å². The monoisotopic (exact) mass is 321 g/mol. The summed E-state index contributed by atoms with van der Waals surface area (Å²) < 4.78 is 5.80. The molecule has 0 saturated carbocycles. The Morgan fingerprint density at radius 3 is 2.76 bits per heavy atom. The molecule has 21 heavy (non-hydrogen) atoms. The normalized spacial score (nSPS) is 16.7. The highest BCUT2D eigenvalue weighted by Gasteiger charge is 2.29. The number of pyridine rings is 1. The third-order valence-electron chi connectivity index (χ3n) is 3.12. The summed E-state index contributed by atoms with van der Waals surface area (Å²) >= 11 is 11.7. The van der Waals surface area contributed by atoms with Crippen LogP contribution in [-0.2, 0) is 4.79 Å². The van der Waals surface area contributed by atoms with Crippen molar-refractivity contribution in [2.45, 2.75) is 6.10 Å². The van der Waals surface area contributed by atoms with Gasteiger partial charge >= 0.3 is 5.97 Å². The third-order valence-corrected chi connectivity index (χ3v) is 3.81. The molecule has 4 nitrogen and oxygen atoms in total. The van der Waals surface area contributed by atoms with Gasteiger partial charge in [0.15, 0.2) is 6.10 Å². The van der Waals surface area contributed by atoms with Crippen molar-refractivity contribution in [3.8, 4) is 5.75 Å². The Morgan fingerprint density at radius 1 is 1.29 bits per heavy atom. The minimum Gasteiger partial charge on any atom is -0.480 e. The van der Waals surface area contributed by atoms with Crippen LogP contribution in [0.15, 0.2) is 42.1 Å². The Labute approximate surface area is 130 Å². The number of hydrogen-bond acceptors (Lipinski definition) is 3. The van der Waals surface area contributed by atoms with Crippen LogP contribution in [0.1, 0.15) is 17.2 Å². The minimum absolute atomic E-state index is 0.119. The second kappa shape index (κ2) is 5.39. The highest BCUT2D eigenvalue weighted by atomic mass is 35.5. The number of carboxylic acid groups (broad SMARTS) is 1. The number of benzene rings is 1. The number of nitrogens with zero attached hydrogens (tertiary/aromatic N) is 1. The zero-order chi connectivity index (χ0) is 15.0. The molecule has 1 aliphatic rings. The molecule has 1 unspecified atom stereocenters. The van der Waals surface area contributed by atoms with Crippen LogP contribution in [0.4, 0.5) is 0 Å². The van der Waals surface area contributed by atoms with Gasteiger partial charge in [0.1, 0.15) is 10.9 Å². The van der Waals surface area contributed by atoms with E-state index >= 15 is 0 Å². The van der Waals surface area contributed by atoms with Crippen molar-refractivity contribution in [2.24, 2.45) is 0 Å². The van der Waals surface area contributed by atoms with Crippen LogP contribution in [0.2, 0.25) is 10.2 Å². The first kappa shape index (κ1) is 13.9. The number of aromatic nitrogens is 1. The molecule has 3 rings (SSSR count). The molecule has 0 amide bonds. The summed E-state index contributed by atoms with van der Waals surface area (Å²) in [7, 11) is 0. The number of halogens is 2. The first-order valence-corrected chi connectivity index (χ1v) is 6.83. The molecule has 2 heterocycles. The lowest BCUT2D eigenvalue weighted by molar-refractivity contribution is -0.133. The predicted octanol–water partition coefficient (Wildman–Crippen LogP) is 3.99. The van der Waals surface area contributed by atoms with E-state index in [4.69, 9.17) is 27.9 Å². The van der Waals surface area contributed by atoms with Crippen LogP contribution < -0.4 is 4.74 Å². The third kappa shape index (κ3) is 2.60. The van der Waals surface area contributed by atoms with Crippen LogP contribution in [0, 0.1) is 0 Å². The predicted molar refractivity (Wildman–Crippen MR) is 79.7 cm³/mol. The molecule has 0 bridgehead atoms. The summed E-state index contributed by atoms with van der Waals surface area (Å²) in [5.41, 5.74) is 1.38. The lowest BCUT2D eigenvalue weighted by Crippen LogP contribution is -2.20. The fraction of sp³-hybridized carbons (Fsp3) is 0.0667. The van der Waals surface area contributed by atoms with E-state index in [0.717, 1.165) is 5.56 Å². The first-order chi connectivity index (χ1) is 10.1. The summed E-state index contributed by atoms with van der Waals surface area (Å²) in [6.07, 6.45) is 2.28. The lowest BCUT2D eigenvalue weighted by Gasteiger charge is -2.25. The molecule has 1 aliphatic heterocycles. The molecule has 106 valence electrons. The Balaban J connectivity index is 2.10. The lowest BCUT2D eigenvalue weighted by atomic mass is 9.97. The van der Waals surface area contributed by atoms with Gasteiger partial charge in [-0.3, -0.25) is 0 Å². The maximum Gasteiger partial charge on any atom is 0.335 e. The molecular formula is C15H9Cl2NO3. The fourth-order valence-electron chi connectivity index (χ4n) is 2.14. The van der Waals surface area contributed by atoms with Crippen LogP contribution >= 0.6 is 23.2 Å². The molecular weight excluding hydrogens is 313 g/mol. The summed E-state index contributed by atoms with van der Waals surface area (Å²) in [4.78, 5) is 15.4. The number of fused-ring (bicyclic) bond motifs is 1. The van der Waals surface area contributed by atoms with E-state index in [-0.39, 0.29) is 15.7 Å². The maximum atomic E-state index is 11.5. The van der Waals surface area contributed by atoms with Gasteiger partial charge in [-0.1, -0.05) is 41.4 Å². The van der Waals surface area contributed by atoms with E-state index < -0.39 is 12.1 Å². The SMILES string of the molecule is O=C(O)C1=Cc2ccccc2OC1c1cnc(Cl)c(Cl)c1. The molecule has 1 aromatic heterocycles. The van der Waals surface area contributed by atoms with Crippen molar-refractivity contribution in [1.29, 1.82) is 0 Å². The highest BCUT2D eigenvalue weighted by Crippen LogP contribution is 2.38. The number of carboxylic acids is 1. The molecule has 0 spiro atoms. The van der Waals surface area contributed by atoms with E-state index in [1.165, 1.54) is 6.20 Å². The minimum atomic E-state index is -1.06. The largest absolute Gasteiger partial charge is 0.480 e. The van der Waals surface area contributed by atoms with E-state index in [0.29, 0.717) is 11.3 Å². The molecule has 0 saturated heterocycles. The van der Waals surface area contributed by atoms with Crippen LogP contribution in [0.5, 0.6) is 5.75 Å². The highest BCUT2D eigenvalue weighted by molar-refractivity contribution is 6.41. The second-order valence-electron chi connectivity index (χ2n) is 4.48. The number of para-hydroxylation sites is 1. The van der Waals surface area contributed by atoms with Gasteiger partial charge in [0.2, 0.25) is 0 Å². The average Bonchev–Trinajstić information content (AvgIpc) is 2.48. The molecule has 2 aromatic rings. The Bertz CT molecular complexity index is 758. The summed E-state index contributed by atoms with van der Waals surface area (Å²) in [6, 6.07) is 8.78. The van der Waals surface area contributed by atoms with Crippen molar-refractivity contribution in [3.63, 3.8) is 0 Å². The van der Waals surface area contributed by atoms with Gasteiger partial charge in [-0.05, 0) is 18.2 Å². The molecule has 1 N–H and O–H groups in total. The zero-order valence-electron chi connectivity index (χ0n) is 10.6. The van der Waals surface area contributed by atoms with Gasteiger partial charge in [0.05, 0.1) is 10.6 Å². The van der Waals surface area contributed by atoms with Crippen molar-refractivity contribution in [1.82, 2.24) is 4.98 Å². The number of aliphatic carboxylic acids is 1. The van der Waals surface area contributed by atoms with Gasteiger partial charge in [0, 0.05) is 17.3 Å². The fourth-order valence-corrected chi connectivity index (χ4v) is 2.42. The van der Waals surface area contributed by atoms with Crippen LogP contribution in [0.3, 0.4) is 0 Å². The van der Waals surface area contributed by atoms with Crippen LogP contribution in [0.25, 0.3) is 6.08 Å². The molecule has 0 fully saturated rings. The number of hydrogen-bond donors (Lipinski definition) is 1. The molecule has 1 atom stereocenters. The molecule has 6 heteroatoms. The standard InChI is InChI=1S/C15H9Cl2NO3/c16-11-6-9(7-18-14(11)17)13-10(15(19)20)5-8-3-1-2-4-12(8)21-13/h1-7,13H,(H,19,20). The second-order valence-corrected chi connectivity index (χ2v) is 5.25. The molecule has 0 radical (unpaired) electrons. The van der Waals surface area contributed by atoms with Crippen molar-refractivity contribution in [3.05, 3.63) is 63.4 Å². The maximum absolute atomic E-state index is 11.5. The van der Waals surface area contributed by atoms with Gasteiger partial charge < -0.3 is 9.84 Å². The Kier molecular flexibility index (Phi) is 3.57. The van der Waals surface area contributed by atoms with Gasteiger partial charge in [-0.15, -0.1) is 0 Å². The van der Waals surface area contributed by atoms with Gasteiger partial charge in [-0.25, -0.2) is 9.78 Å². The van der Waals surface area contributed by atoms with Crippen molar-refractivity contribution in [2.75, 3.05) is 0 Å². The molecule has 1 aromatic carbocycles. The Hall–Kier alpha value is -2.04. The van der Waals surface area contributed by atoms with Crippen molar-refractivity contribution < 1.29 is 14.6 Å². The van der Waals surface area contributed by atoms with Crippen molar-refractivity contribution >= 4 is 35.2 Å². The number of ether oxygens (including phenoxy) is 1. The Morgan fingerprint density at radius 2 is 2.05 bits per heavy atom. The average molecular weight is 322 g/mol. The van der Waals surface area contributed by atoms with Gasteiger partial charge in [-0.2, -0.15) is 0 Å². The number of rotatable bonds is 2. The van der Waals surface area contributed by atoms with E-state index in [1.807, 2.05) is 12.1 Å². The quantitative estimate of drug-likeness (QED) is 0.849. The summed E-state index contributed by atoms with van der Waals surface area (Å²) in [5, 5.41) is 9.81. The van der Waals surface area contributed by atoms with Gasteiger partial charge in [0.25, 0.3) is 0 Å². The summed E-state index contributed by atoms with van der Waals surface area (Å²) in [5.74, 6) is -0.445. The molecule has 0 aliphatic carbocycles.